The molecular weight excluding hydrogens is 593 g/mol. The summed E-state index contributed by atoms with van der Waals surface area (Å²) < 4.78 is 2.51. The molecule has 0 unspecified atom stereocenters. The third-order valence-electron chi connectivity index (χ3n) is 5.89. The number of thiophene rings is 2. The summed E-state index contributed by atoms with van der Waals surface area (Å²) in [7, 11) is 0. The molecule has 0 N–H and O–H groups in total. The van der Waals surface area contributed by atoms with Crippen molar-refractivity contribution in [1.29, 1.82) is 0 Å². The van der Waals surface area contributed by atoms with Crippen LogP contribution in [0.25, 0.3) is 45.5 Å². The van der Waals surface area contributed by atoms with Gasteiger partial charge in [-0.1, -0.05) is 169 Å². The van der Waals surface area contributed by atoms with Gasteiger partial charge in [-0.15, -0.1) is 22.7 Å². The Morgan fingerprint density at radius 3 is 1.76 bits per heavy atom. The number of benzene rings is 1. The van der Waals surface area contributed by atoms with Crippen molar-refractivity contribution in [2.45, 2.75) is 125 Å². The highest BCUT2D eigenvalue weighted by Crippen LogP contribution is 2.38. The average molecular weight is 663 g/mol. The van der Waals surface area contributed by atoms with Crippen molar-refractivity contribution in [3.63, 3.8) is 0 Å². The molecule has 0 fully saturated rings. The lowest BCUT2D eigenvalue weighted by Crippen LogP contribution is -2.19. The zero-order chi connectivity index (χ0) is 37.0. The van der Waals surface area contributed by atoms with Crippen molar-refractivity contribution in [2.24, 2.45) is 0 Å². The van der Waals surface area contributed by atoms with Gasteiger partial charge in [0.25, 0.3) is 0 Å². The van der Waals surface area contributed by atoms with Crippen LogP contribution in [0.4, 0.5) is 0 Å². The van der Waals surface area contributed by atoms with Crippen LogP contribution in [0, 0.1) is 6.92 Å². The fraction of sp³-hybridized carbons (Fsp3) is 0.409. The van der Waals surface area contributed by atoms with Crippen LogP contribution in [0.15, 0.2) is 67.3 Å². The Bertz CT molecular complexity index is 1490. The minimum absolute atomic E-state index is 1.10. The van der Waals surface area contributed by atoms with Crippen LogP contribution < -0.4 is 9.75 Å². The highest BCUT2D eigenvalue weighted by atomic mass is 32.1. The second-order valence-electron chi connectivity index (χ2n) is 8.54. The van der Waals surface area contributed by atoms with Gasteiger partial charge in [-0.25, -0.2) is 0 Å². The molecule has 2 heterocycles. The number of hydrogen-bond acceptors (Lipinski definition) is 2. The molecule has 0 saturated heterocycles. The Hall–Kier alpha value is -2.94. The molecule has 258 valence electrons. The first kappa shape index (κ1) is 49.9. The number of allylic oxidation sites excluding steroid dienone is 8. The summed E-state index contributed by atoms with van der Waals surface area (Å²) in [4.78, 5) is 2.52. The molecule has 0 spiro atoms. The minimum Gasteiger partial charge on any atom is -0.135 e. The fourth-order valence-corrected chi connectivity index (χ4v) is 6.90. The van der Waals surface area contributed by atoms with E-state index in [0.717, 1.165) is 5.22 Å². The molecular formula is C44H70S2. The third-order valence-corrected chi connectivity index (χ3v) is 8.63. The molecule has 2 aromatic heterocycles. The molecule has 0 bridgehead atoms. The first-order valence-corrected chi connectivity index (χ1v) is 19.2. The van der Waals surface area contributed by atoms with Gasteiger partial charge in [0.1, 0.15) is 0 Å². The predicted octanol–water partition coefficient (Wildman–Crippen LogP) is 15.3. The molecule has 0 aliphatic heterocycles. The van der Waals surface area contributed by atoms with Gasteiger partial charge in [0.15, 0.2) is 0 Å². The van der Waals surface area contributed by atoms with Crippen molar-refractivity contribution >= 4 is 68.2 Å². The molecule has 0 nitrogen and oxygen atoms in total. The van der Waals surface area contributed by atoms with E-state index in [4.69, 9.17) is 0 Å². The number of hydrogen-bond donors (Lipinski definition) is 0. The summed E-state index contributed by atoms with van der Waals surface area (Å²) in [6, 6.07) is 6.52. The molecule has 2 heteroatoms. The van der Waals surface area contributed by atoms with E-state index in [1.807, 2.05) is 118 Å². The van der Waals surface area contributed by atoms with Crippen molar-refractivity contribution < 1.29 is 0 Å². The van der Waals surface area contributed by atoms with E-state index in [1.165, 1.54) is 63.4 Å². The Balaban J connectivity index is -0.000000659. The van der Waals surface area contributed by atoms with E-state index in [-0.39, 0.29) is 0 Å². The Morgan fingerprint density at radius 1 is 0.783 bits per heavy atom. The SMILES string of the molecule is C=C/C=C(\C=C(C)C)c1cccc2c(=C)/c(=C(C)/C(=C/C)c3sc(C=C)c(/C=C\C)c3C)sc12.CC.CC.CC.CC.CC.CC. The molecule has 0 aliphatic carbocycles. The summed E-state index contributed by atoms with van der Waals surface area (Å²) in [5.74, 6) is 0. The average Bonchev–Trinajstić information content (AvgIpc) is 3.62. The van der Waals surface area contributed by atoms with Crippen LogP contribution in [0.2, 0.25) is 0 Å². The van der Waals surface area contributed by atoms with Gasteiger partial charge in [0.2, 0.25) is 0 Å². The second kappa shape index (κ2) is 30.7. The maximum atomic E-state index is 4.52. The lowest BCUT2D eigenvalue weighted by atomic mass is 9.99. The summed E-state index contributed by atoms with van der Waals surface area (Å²) in [6.07, 6.45) is 14.7. The lowest BCUT2D eigenvalue weighted by molar-refractivity contribution is 1.40. The van der Waals surface area contributed by atoms with E-state index in [1.54, 1.807) is 0 Å². The maximum absolute atomic E-state index is 4.52. The zero-order valence-electron chi connectivity index (χ0n) is 33.2. The zero-order valence-corrected chi connectivity index (χ0v) is 34.8. The summed E-state index contributed by atoms with van der Waals surface area (Å²) in [6.45, 7) is 49.4. The van der Waals surface area contributed by atoms with E-state index in [9.17, 15) is 0 Å². The molecule has 0 radical (unpaired) electrons. The van der Waals surface area contributed by atoms with Crippen LogP contribution in [0.1, 0.15) is 144 Å². The van der Waals surface area contributed by atoms with Gasteiger partial charge >= 0.3 is 0 Å². The smallest absolute Gasteiger partial charge is 0.0433 e. The van der Waals surface area contributed by atoms with Gasteiger partial charge in [-0.3, -0.25) is 0 Å². The van der Waals surface area contributed by atoms with Crippen LogP contribution in [-0.2, 0) is 0 Å². The number of rotatable bonds is 7. The maximum Gasteiger partial charge on any atom is 0.0433 e. The topological polar surface area (TPSA) is 0 Å². The molecule has 3 rings (SSSR count). The van der Waals surface area contributed by atoms with Crippen molar-refractivity contribution in [3.8, 4) is 0 Å². The molecule has 0 aliphatic rings. The van der Waals surface area contributed by atoms with Crippen molar-refractivity contribution in [3.05, 3.63) is 104 Å². The third kappa shape index (κ3) is 13.8. The minimum atomic E-state index is 1.10. The largest absolute Gasteiger partial charge is 0.135 e. The van der Waals surface area contributed by atoms with Gasteiger partial charge in [0, 0.05) is 24.4 Å². The van der Waals surface area contributed by atoms with Crippen LogP contribution in [0.3, 0.4) is 0 Å². The van der Waals surface area contributed by atoms with E-state index in [0.29, 0.717) is 0 Å². The van der Waals surface area contributed by atoms with E-state index < -0.39 is 0 Å². The van der Waals surface area contributed by atoms with Crippen LogP contribution in [-0.4, -0.2) is 0 Å². The standard InChI is InChI=1S/C32H34S2.6C2H6/c1-10-15-24(19-20(5)6)28-18-14-17-27-23(9)30(34-32(27)28)21(7)25(12-3)31-22(8)26(16-11-2)29(13-4)33-31;6*1-2/h10-19H,1,4,9H2,2-3,5-8H3;6*1-2H3/b16-11-,24-15+,25-12-,30-21-;;;;;;. The fourth-order valence-electron chi connectivity index (χ4n) is 4.33. The first-order chi connectivity index (χ1) is 22.3. The molecule has 1 aromatic carbocycles. The Labute approximate surface area is 295 Å². The summed E-state index contributed by atoms with van der Waals surface area (Å²) in [5, 5.41) is 2.31. The van der Waals surface area contributed by atoms with Gasteiger partial charge < -0.3 is 0 Å². The Morgan fingerprint density at radius 2 is 1.33 bits per heavy atom. The predicted molar refractivity (Wildman–Crippen MR) is 229 cm³/mol. The molecule has 46 heavy (non-hydrogen) atoms. The van der Waals surface area contributed by atoms with Gasteiger partial charge in [-0.05, 0) is 80.2 Å². The normalized spacial score (nSPS) is 10.7. The molecule has 0 atom stereocenters. The van der Waals surface area contributed by atoms with Gasteiger partial charge in [0.05, 0.1) is 0 Å². The highest BCUT2D eigenvalue weighted by molar-refractivity contribution is 7.17. The first-order valence-electron chi connectivity index (χ1n) is 17.5. The Kier molecular flexibility index (Phi) is 33.3. The summed E-state index contributed by atoms with van der Waals surface area (Å²) >= 11 is 3.65. The van der Waals surface area contributed by atoms with Crippen LogP contribution in [0.5, 0.6) is 0 Å². The van der Waals surface area contributed by atoms with Crippen molar-refractivity contribution in [1.82, 2.24) is 0 Å². The molecule has 0 saturated carbocycles. The van der Waals surface area contributed by atoms with E-state index in [2.05, 4.69) is 110 Å². The monoisotopic (exact) mass is 662 g/mol. The molecule has 0 amide bonds. The van der Waals surface area contributed by atoms with Crippen LogP contribution >= 0.6 is 22.7 Å². The van der Waals surface area contributed by atoms with Crippen molar-refractivity contribution in [2.75, 3.05) is 0 Å². The quantitative estimate of drug-likeness (QED) is 0.221. The van der Waals surface area contributed by atoms with E-state index >= 15 is 0 Å². The lowest BCUT2D eigenvalue weighted by Gasteiger charge is -2.07. The highest BCUT2D eigenvalue weighted by Gasteiger charge is 2.17. The summed E-state index contributed by atoms with van der Waals surface area (Å²) in [5.41, 5.74) is 8.77. The molecule has 3 aromatic rings. The van der Waals surface area contributed by atoms with Gasteiger partial charge in [-0.2, -0.15) is 0 Å². The second-order valence-corrected chi connectivity index (χ2v) is 10.6. The number of fused-ring (bicyclic) bond motifs is 1.